The first-order chi connectivity index (χ1) is 13.9. The third-order valence-electron chi connectivity index (χ3n) is 6.48. The van der Waals surface area contributed by atoms with Gasteiger partial charge in [-0.05, 0) is 70.7 Å². The van der Waals surface area contributed by atoms with Gasteiger partial charge < -0.3 is 9.80 Å². The van der Waals surface area contributed by atoms with E-state index in [1.165, 1.54) is 16.8 Å². The van der Waals surface area contributed by atoms with Crippen LogP contribution in [0.15, 0.2) is 48.5 Å². The summed E-state index contributed by atoms with van der Waals surface area (Å²) in [7, 11) is 6.21. The molecule has 0 radical (unpaired) electrons. The Bertz CT molecular complexity index is 805. The van der Waals surface area contributed by atoms with Gasteiger partial charge in [0.2, 0.25) is 0 Å². The number of hydrogen-bond donors (Lipinski definition) is 0. The number of rotatable bonds is 7. The van der Waals surface area contributed by atoms with Crippen molar-refractivity contribution in [3.8, 4) is 0 Å². The van der Waals surface area contributed by atoms with Crippen molar-refractivity contribution < 1.29 is 4.79 Å². The van der Waals surface area contributed by atoms with E-state index in [1.54, 1.807) is 0 Å². The maximum atomic E-state index is 13.7. The van der Waals surface area contributed by atoms with Crippen molar-refractivity contribution >= 4 is 11.5 Å². The molecule has 0 saturated carbocycles. The normalized spacial score (nSPS) is 17.4. The molecular formula is C25H35N3O. The molecule has 1 heterocycles. The van der Waals surface area contributed by atoms with Gasteiger partial charge in [0, 0.05) is 37.4 Å². The third-order valence-corrected chi connectivity index (χ3v) is 6.48. The Morgan fingerprint density at radius 3 is 2.07 bits per heavy atom. The number of benzene rings is 2. The summed E-state index contributed by atoms with van der Waals surface area (Å²) in [5.74, 6) is 0.204. The molecule has 3 rings (SSSR count). The second kappa shape index (κ2) is 9.10. The van der Waals surface area contributed by atoms with Crippen molar-refractivity contribution in [3.05, 3.63) is 65.2 Å². The van der Waals surface area contributed by atoms with Crippen LogP contribution in [0.5, 0.6) is 0 Å². The number of carbonyl (C=O) groups is 1. The van der Waals surface area contributed by atoms with Gasteiger partial charge >= 0.3 is 0 Å². The van der Waals surface area contributed by atoms with Crippen molar-refractivity contribution in [2.75, 3.05) is 52.2 Å². The number of anilines is 1. The summed E-state index contributed by atoms with van der Waals surface area (Å²) >= 11 is 0. The number of hydrogen-bond acceptors (Lipinski definition) is 4. The zero-order valence-electron chi connectivity index (χ0n) is 18.6. The molecule has 1 saturated heterocycles. The molecule has 0 bridgehead atoms. The average Bonchev–Trinajstić information content (AvgIpc) is 2.73. The van der Waals surface area contributed by atoms with Gasteiger partial charge in [-0.2, -0.15) is 0 Å². The summed E-state index contributed by atoms with van der Waals surface area (Å²) in [5, 5.41) is 0. The van der Waals surface area contributed by atoms with Gasteiger partial charge in [-0.15, -0.1) is 0 Å². The lowest BCUT2D eigenvalue weighted by molar-refractivity contribution is 0.0666. The smallest absolute Gasteiger partial charge is 0.183 e. The van der Waals surface area contributed by atoms with Crippen molar-refractivity contribution in [2.24, 2.45) is 0 Å². The number of Topliss-reactive ketones (excluding diaryl/α,β-unsaturated/α-hetero) is 1. The molecule has 1 atom stereocenters. The van der Waals surface area contributed by atoms with Crippen LogP contribution in [0.1, 0.15) is 34.8 Å². The van der Waals surface area contributed by atoms with E-state index in [9.17, 15) is 4.79 Å². The second-order valence-electron chi connectivity index (χ2n) is 8.61. The molecule has 1 aliphatic rings. The average molecular weight is 394 g/mol. The molecule has 0 spiro atoms. The number of piperazine rings is 1. The molecule has 4 heteroatoms. The van der Waals surface area contributed by atoms with Gasteiger partial charge in [-0.3, -0.25) is 9.69 Å². The summed E-state index contributed by atoms with van der Waals surface area (Å²) in [6, 6.07) is 16.8. The van der Waals surface area contributed by atoms with Crippen molar-refractivity contribution in [2.45, 2.75) is 32.2 Å². The predicted octanol–water partition coefficient (Wildman–Crippen LogP) is 3.88. The summed E-state index contributed by atoms with van der Waals surface area (Å²) < 4.78 is 0. The van der Waals surface area contributed by atoms with Crippen molar-refractivity contribution in [3.63, 3.8) is 0 Å². The molecule has 2 aromatic carbocycles. The zero-order chi connectivity index (χ0) is 21.0. The number of carbonyl (C=O) groups excluding carboxylic acids is 1. The molecule has 4 nitrogen and oxygen atoms in total. The van der Waals surface area contributed by atoms with Crippen LogP contribution < -0.4 is 4.90 Å². The Labute approximate surface area is 176 Å². The topological polar surface area (TPSA) is 26.8 Å². The van der Waals surface area contributed by atoms with E-state index in [-0.39, 0.29) is 5.78 Å². The van der Waals surface area contributed by atoms with Crippen LogP contribution in [-0.4, -0.2) is 68.4 Å². The van der Waals surface area contributed by atoms with Gasteiger partial charge in [0.05, 0.1) is 5.54 Å². The first-order valence-electron chi connectivity index (χ1n) is 10.7. The zero-order valence-corrected chi connectivity index (χ0v) is 18.6. The minimum atomic E-state index is -0.537. The van der Waals surface area contributed by atoms with Crippen LogP contribution in [0.4, 0.5) is 5.69 Å². The van der Waals surface area contributed by atoms with Crippen LogP contribution in [0.2, 0.25) is 0 Å². The van der Waals surface area contributed by atoms with Gasteiger partial charge in [0.15, 0.2) is 5.78 Å². The van der Waals surface area contributed by atoms with E-state index in [2.05, 4.69) is 72.0 Å². The molecule has 0 amide bonds. The number of ketones is 1. The van der Waals surface area contributed by atoms with Crippen molar-refractivity contribution in [1.82, 2.24) is 9.80 Å². The highest BCUT2D eigenvalue weighted by atomic mass is 16.1. The first-order valence-corrected chi connectivity index (χ1v) is 10.7. The highest BCUT2D eigenvalue weighted by molar-refractivity contribution is 6.03. The Balaban J connectivity index is 1.83. The SMILES string of the molecule is CCC(Cc1ccc(C)cc1)(C(=O)c1ccc(N2CCN(C)CC2)cc1)N(C)C. The fourth-order valence-corrected chi connectivity index (χ4v) is 4.24. The van der Waals surface area contributed by atoms with Crippen molar-refractivity contribution in [1.29, 1.82) is 0 Å². The molecular weight excluding hydrogens is 358 g/mol. The molecule has 2 aromatic rings. The summed E-state index contributed by atoms with van der Waals surface area (Å²) in [5.41, 5.74) is 3.91. The Kier molecular flexibility index (Phi) is 6.76. The fourth-order valence-electron chi connectivity index (χ4n) is 4.24. The molecule has 0 aliphatic carbocycles. The Hall–Kier alpha value is -2.17. The Morgan fingerprint density at radius 1 is 0.966 bits per heavy atom. The number of aryl methyl sites for hydroxylation is 1. The predicted molar refractivity (Wildman–Crippen MR) is 122 cm³/mol. The summed E-state index contributed by atoms with van der Waals surface area (Å²) in [4.78, 5) is 20.5. The molecule has 29 heavy (non-hydrogen) atoms. The first kappa shape index (κ1) is 21.5. The van der Waals surface area contributed by atoms with Crippen LogP contribution >= 0.6 is 0 Å². The maximum absolute atomic E-state index is 13.7. The lowest BCUT2D eigenvalue weighted by Gasteiger charge is -2.38. The molecule has 1 aliphatic heterocycles. The molecule has 1 fully saturated rings. The standard InChI is InChI=1S/C25H35N3O/c1-6-25(26(3)4,19-21-9-7-20(2)8-10-21)24(29)22-11-13-23(14-12-22)28-17-15-27(5)16-18-28/h7-14H,6,15-19H2,1-5H3. The van der Waals surface area contributed by atoms with Crippen LogP contribution in [-0.2, 0) is 6.42 Å². The highest BCUT2D eigenvalue weighted by Gasteiger charge is 2.39. The van der Waals surface area contributed by atoms with E-state index in [1.807, 2.05) is 26.2 Å². The molecule has 156 valence electrons. The van der Waals surface area contributed by atoms with Gasteiger partial charge in [0.25, 0.3) is 0 Å². The summed E-state index contributed by atoms with van der Waals surface area (Å²) in [6.07, 6.45) is 1.49. The van der Waals surface area contributed by atoms with E-state index >= 15 is 0 Å². The minimum Gasteiger partial charge on any atom is -0.369 e. The molecule has 0 aromatic heterocycles. The maximum Gasteiger partial charge on any atom is 0.183 e. The van der Waals surface area contributed by atoms with Crippen LogP contribution in [0.25, 0.3) is 0 Å². The fraction of sp³-hybridized carbons (Fsp3) is 0.480. The number of nitrogens with zero attached hydrogens (tertiary/aromatic N) is 3. The minimum absolute atomic E-state index is 0.204. The van der Waals surface area contributed by atoms with Crippen LogP contribution in [0.3, 0.4) is 0 Å². The van der Waals surface area contributed by atoms with Gasteiger partial charge in [-0.1, -0.05) is 36.8 Å². The second-order valence-corrected chi connectivity index (χ2v) is 8.61. The summed E-state index contributed by atoms with van der Waals surface area (Å²) in [6.45, 7) is 8.44. The van der Waals surface area contributed by atoms with E-state index in [0.717, 1.165) is 44.6 Å². The quantitative estimate of drug-likeness (QED) is 0.667. The van der Waals surface area contributed by atoms with E-state index in [0.29, 0.717) is 0 Å². The highest BCUT2D eigenvalue weighted by Crippen LogP contribution is 2.29. The van der Waals surface area contributed by atoms with Crippen LogP contribution in [0, 0.1) is 6.92 Å². The Morgan fingerprint density at radius 2 is 1.55 bits per heavy atom. The largest absolute Gasteiger partial charge is 0.369 e. The van der Waals surface area contributed by atoms with Gasteiger partial charge in [0.1, 0.15) is 0 Å². The lowest BCUT2D eigenvalue weighted by Crippen LogP contribution is -2.52. The van der Waals surface area contributed by atoms with E-state index in [4.69, 9.17) is 0 Å². The number of likely N-dealkylation sites (N-methyl/N-ethyl adjacent to an activating group) is 2. The lowest BCUT2D eigenvalue weighted by atomic mass is 9.80. The monoisotopic (exact) mass is 393 g/mol. The van der Waals surface area contributed by atoms with E-state index < -0.39 is 5.54 Å². The molecule has 0 N–H and O–H groups in total. The molecule has 1 unspecified atom stereocenters. The van der Waals surface area contributed by atoms with Gasteiger partial charge in [-0.25, -0.2) is 0 Å². The third kappa shape index (κ3) is 4.71.